The molecule has 0 bridgehead atoms. The Bertz CT molecular complexity index is 692. The molecule has 1 aromatic heterocycles. The van der Waals surface area contributed by atoms with Gasteiger partial charge in [-0.2, -0.15) is 0 Å². The first kappa shape index (κ1) is 15.8. The highest BCUT2D eigenvalue weighted by molar-refractivity contribution is 7.89. The molecule has 2 rings (SSSR count). The summed E-state index contributed by atoms with van der Waals surface area (Å²) in [4.78, 5) is 3.22. The third-order valence-corrected chi connectivity index (χ3v) is 4.73. The molecule has 0 aliphatic rings. The van der Waals surface area contributed by atoms with Gasteiger partial charge in [-0.15, -0.1) is 0 Å². The van der Waals surface area contributed by atoms with Gasteiger partial charge in [-0.3, -0.25) is 0 Å². The molecule has 0 amide bonds. The average Bonchev–Trinajstić information content (AvgIpc) is 2.95. The average molecular weight is 307 g/mol. The largest absolute Gasteiger partial charge is 0.363 e. The minimum absolute atomic E-state index is 0.265. The molecular formula is C15H21N3O2S. The van der Waals surface area contributed by atoms with Crippen LogP contribution in [0.1, 0.15) is 23.7 Å². The van der Waals surface area contributed by atoms with Crippen LogP contribution in [0.4, 0.5) is 0 Å². The Morgan fingerprint density at radius 1 is 1.14 bits per heavy atom. The molecule has 0 atom stereocenters. The van der Waals surface area contributed by atoms with E-state index in [9.17, 15) is 8.42 Å². The number of benzene rings is 1. The van der Waals surface area contributed by atoms with Gasteiger partial charge < -0.3 is 10.3 Å². The summed E-state index contributed by atoms with van der Waals surface area (Å²) in [6.45, 7) is 2.97. The SMILES string of the molecule is CCc1ccccc1CNS(=O)(=O)c1c[nH]c(CNC)c1. The molecule has 0 spiro atoms. The van der Waals surface area contributed by atoms with E-state index in [1.165, 1.54) is 6.20 Å². The Labute approximate surface area is 125 Å². The lowest BCUT2D eigenvalue weighted by molar-refractivity contribution is 0.581. The minimum atomic E-state index is -3.49. The predicted octanol–water partition coefficient (Wildman–Crippen LogP) is 1.77. The van der Waals surface area contributed by atoms with E-state index in [0.29, 0.717) is 13.1 Å². The molecule has 2 aromatic rings. The Kier molecular flexibility index (Phi) is 5.17. The maximum absolute atomic E-state index is 12.3. The maximum atomic E-state index is 12.3. The zero-order chi connectivity index (χ0) is 15.3. The molecule has 1 aromatic carbocycles. The Hall–Kier alpha value is -1.63. The van der Waals surface area contributed by atoms with E-state index in [2.05, 4.69) is 21.9 Å². The van der Waals surface area contributed by atoms with Crippen molar-refractivity contribution in [1.82, 2.24) is 15.0 Å². The zero-order valence-electron chi connectivity index (χ0n) is 12.3. The van der Waals surface area contributed by atoms with E-state index in [-0.39, 0.29) is 4.90 Å². The summed E-state index contributed by atoms with van der Waals surface area (Å²) in [5, 5.41) is 2.98. The third kappa shape index (κ3) is 3.93. The topological polar surface area (TPSA) is 74.0 Å². The smallest absolute Gasteiger partial charge is 0.242 e. The summed E-state index contributed by atoms with van der Waals surface area (Å²) < 4.78 is 27.2. The molecule has 21 heavy (non-hydrogen) atoms. The first-order valence-corrected chi connectivity index (χ1v) is 8.43. The summed E-state index contributed by atoms with van der Waals surface area (Å²) in [6.07, 6.45) is 2.40. The third-order valence-electron chi connectivity index (χ3n) is 3.35. The predicted molar refractivity (Wildman–Crippen MR) is 83.4 cm³/mol. The van der Waals surface area contributed by atoms with E-state index in [4.69, 9.17) is 0 Å². The van der Waals surface area contributed by atoms with Crippen LogP contribution in [0.15, 0.2) is 41.4 Å². The van der Waals surface area contributed by atoms with Crippen LogP contribution in [0.3, 0.4) is 0 Å². The van der Waals surface area contributed by atoms with Gasteiger partial charge in [0.25, 0.3) is 0 Å². The summed E-state index contributed by atoms with van der Waals surface area (Å²) in [5.41, 5.74) is 3.01. The number of aromatic amines is 1. The number of hydrogen-bond donors (Lipinski definition) is 3. The zero-order valence-corrected chi connectivity index (χ0v) is 13.1. The molecule has 6 heteroatoms. The molecule has 3 N–H and O–H groups in total. The summed E-state index contributed by atoms with van der Waals surface area (Å²) in [7, 11) is -1.68. The summed E-state index contributed by atoms with van der Waals surface area (Å²) in [5.74, 6) is 0. The fourth-order valence-corrected chi connectivity index (χ4v) is 3.22. The lowest BCUT2D eigenvalue weighted by Crippen LogP contribution is -2.23. The fraction of sp³-hybridized carbons (Fsp3) is 0.333. The van der Waals surface area contributed by atoms with Crippen molar-refractivity contribution in [2.24, 2.45) is 0 Å². The van der Waals surface area contributed by atoms with E-state index >= 15 is 0 Å². The van der Waals surface area contributed by atoms with Gasteiger partial charge in [0.1, 0.15) is 0 Å². The van der Waals surface area contributed by atoms with Crippen LogP contribution in [-0.2, 0) is 29.5 Å². The number of sulfonamides is 1. The van der Waals surface area contributed by atoms with Crippen molar-refractivity contribution in [3.63, 3.8) is 0 Å². The van der Waals surface area contributed by atoms with E-state index in [1.807, 2.05) is 31.3 Å². The fourth-order valence-electron chi connectivity index (χ4n) is 2.20. The van der Waals surface area contributed by atoms with Crippen molar-refractivity contribution in [3.05, 3.63) is 53.3 Å². The number of rotatable bonds is 7. The second kappa shape index (κ2) is 6.89. The van der Waals surface area contributed by atoms with E-state index in [0.717, 1.165) is 23.2 Å². The molecule has 0 saturated carbocycles. The molecule has 0 saturated heterocycles. The highest BCUT2D eigenvalue weighted by Crippen LogP contribution is 2.13. The number of H-pyrrole nitrogens is 1. The monoisotopic (exact) mass is 307 g/mol. The van der Waals surface area contributed by atoms with Crippen LogP contribution in [-0.4, -0.2) is 20.4 Å². The number of hydrogen-bond acceptors (Lipinski definition) is 3. The molecule has 0 unspecified atom stereocenters. The van der Waals surface area contributed by atoms with Crippen molar-refractivity contribution in [2.75, 3.05) is 7.05 Å². The summed E-state index contributed by atoms with van der Waals surface area (Å²) >= 11 is 0. The summed E-state index contributed by atoms with van der Waals surface area (Å²) in [6, 6.07) is 9.50. The van der Waals surface area contributed by atoms with Gasteiger partial charge in [-0.25, -0.2) is 13.1 Å². The van der Waals surface area contributed by atoms with E-state index < -0.39 is 10.0 Å². The van der Waals surface area contributed by atoms with Crippen molar-refractivity contribution < 1.29 is 8.42 Å². The van der Waals surface area contributed by atoms with Gasteiger partial charge in [-0.05, 0) is 30.7 Å². The first-order chi connectivity index (χ1) is 10.1. The van der Waals surface area contributed by atoms with Crippen molar-refractivity contribution >= 4 is 10.0 Å². The van der Waals surface area contributed by atoms with Gasteiger partial charge in [0, 0.05) is 25.0 Å². The molecule has 0 aliphatic heterocycles. The minimum Gasteiger partial charge on any atom is -0.363 e. The molecule has 0 aliphatic carbocycles. The lowest BCUT2D eigenvalue weighted by atomic mass is 10.1. The van der Waals surface area contributed by atoms with Gasteiger partial charge in [-0.1, -0.05) is 31.2 Å². The van der Waals surface area contributed by atoms with Crippen LogP contribution in [0.25, 0.3) is 0 Å². The first-order valence-electron chi connectivity index (χ1n) is 6.95. The number of aromatic nitrogens is 1. The number of aryl methyl sites for hydroxylation is 1. The number of nitrogens with one attached hydrogen (secondary N) is 3. The second-order valence-corrected chi connectivity index (χ2v) is 6.60. The van der Waals surface area contributed by atoms with Crippen molar-refractivity contribution in [3.8, 4) is 0 Å². The van der Waals surface area contributed by atoms with Crippen LogP contribution in [0, 0.1) is 0 Å². The Morgan fingerprint density at radius 3 is 2.52 bits per heavy atom. The maximum Gasteiger partial charge on any atom is 0.242 e. The highest BCUT2D eigenvalue weighted by atomic mass is 32.2. The Morgan fingerprint density at radius 2 is 1.86 bits per heavy atom. The van der Waals surface area contributed by atoms with Crippen molar-refractivity contribution in [1.29, 1.82) is 0 Å². The van der Waals surface area contributed by atoms with Gasteiger partial charge in [0.15, 0.2) is 0 Å². The van der Waals surface area contributed by atoms with Gasteiger partial charge in [0.05, 0.1) is 4.90 Å². The molecule has 0 radical (unpaired) electrons. The molecular weight excluding hydrogens is 286 g/mol. The highest BCUT2D eigenvalue weighted by Gasteiger charge is 2.16. The van der Waals surface area contributed by atoms with Crippen LogP contribution >= 0.6 is 0 Å². The lowest BCUT2D eigenvalue weighted by Gasteiger charge is -2.09. The molecule has 1 heterocycles. The van der Waals surface area contributed by atoms with Crippen LogP contribution in [0.2, 0.25) is 0 Å². The van der Waals surface area contributed by atoms with Gasteiger partial charge >= 0.3 is 0 Å². The molecule has 0 fully saturated rings. The molecule has 114 valence electrons. The standard InChI is InChI=1S/C15H21N3O2S/c1-3-12-6-4-5-7-13(12)9-18-21(19,20)15-8-14(10-16-2)17-11-15/h4-8,11,16-18H,3,9-10H2,1-2H3. The van der Waals surface area contributed by atoms with Gasteiger partial charge in [0.2, 0.25) is 10.0 Å². The van der Waals surface area contributed by atoms with Crippen molar-refractivity contribution in [2.45, 2.75) is 31.3 Å². The van der Waals surface area contributed by atoms with Crippen LogP contribution in [0.5, 0.6) is 0 Å². The normalized spacial score (nSPS) is 11.7. The molecule has 5 nitrogen and oxygen atoms in total. The van der Waals surface area contributed by atoms with E-state index in [1.54, 1.807) is 6.07 Å². The Balaban J connectivity index is 2.10. The van der Waals surface area contributed by atoms with Crippen LogP contribution < -0.4 is 10.0 Å². The second-order valence-electron chi connectivity index (χ2n) is 4.84. The quantitative estimate of drug-likeness (QED) is 0.730.